The van der Waals surface area contributed by atoms with Gasteiger partial charge in [0.05, 0.1) is 16.3 Å². The van der Waals surface area contributed by atoms with Crippen LogP contribution in [0.4, 0.5) is 14.5 Å². The summed E-state index contributed by atoms with van der Waals surface area (Å²) in [7, 11) is -4.08. The van der Waals surface area contributed by atoms with Crippen LogP contribution in [0.5, 0.6) is 0 Å². The molecule has 0 bridgehead atoms. The fourth-order valence-electron chi connectivity index (χ4n) is 2.71. The quantitative estimate of drug-likeness (QED) is 0.733. The molecule has 0 atom stereocenters. The number of rotatable bonds is 4. The van der Waals surface area contributed by atoms with Gasteiger partial charge in [-0.25, -0.2) is 17.2 Å². The lowest BCUT2D eigenvalue weighted by Gasteiger charge is -2.12. The van der Waals surface area contributed by atoms with Crippen LogP contribution in [0.15, 0.2) is 45.8 Å². The number of aryl methyl sites for hydroxylation is 3. The number of hydrogen-bond acceptors (Lipinski definition) is 4. The van der Waals surface area contributed by atoms with Crippen molar-refractivity contribution in [2.75, 3.05) is 4.72 Å². The van der Waals surface area contributed by atoms with Gasteiger partial charge in [0, 0.05) is 11.6 Å². The van der Waals surface area contributed by atoms with Crippen LogP contribution in [0, 0.1) is 32.4 Å². The van der Waals surface area contributed by atoms with E-state index in [9.17, 15) is 17.2 Å². The maximum Gasteiger partial charge on any atom is 0.262 e. The molecule has 2 aromatic carbocycles. The normalized spacial score (nSPS) is 11.6. The van der Waals surface area contributed by atoms with Gasteiger partial charge >= 0.3 is 0 Å². The van der Waals surface area contributed by atoms with Crippen LogP contribution in [0.1, 0.15) is 17.0 Å². The van der Waals surface area contributed by atoms with Crippen LogP contribution in [0.3, 0.4) is 0 Å². The van der Waals surface area contributed by atoms with Gasteiger partial charge in [-0.1, -0.05) is 17.3 Å². The SMILES string of the molecule is Cc1ccc(-c2c(C)noc2C)cc1S(=O)(=O)Nc1ccc(F)cc1F. The van der Waals surface area contributed by atoms with Gasteiger partial charge in [0.2, 0.25) is 0 Å². The Kier molecular flexibility index (Phi) is 4.53. The minimum absolute atomic E-state index is 0.0151. The van der Waals surface area contributed by atoms with Crippen LogP contribution in [-0.4, -0.2) is 13.6 Å². The number of benzene rings is 2. The Labute approximate surface area is 149 Å². The molecular weight excluding hydrogens is 362 g/mol. The minimum atomic E-state index is -4.08. The van der Waals surface area contributed by atoms with Crippen molar-refractivity contribution in [1.29, 1.82) is 0 Å². The number of halogens is 2. The predicted molar refractivity (Wildman–Crippen MR) is 93.3 cm³/mol. The second kappa shape index (κ2) is 6.53. The van der Waals surface area contributed by atoms with Crippen molar-refractivity contribution in [2.45, 2.75) is 25.7 Å². The first-order chi connectivity index (χ1) is 12.2. The Morgan fingerprint density at radius 3 is 2.38 bits per heavy atom. The van der Waals surface area contributed by atoms with Crippen molar-refractivity contribution in [1.82, 2.24) is 5.16 Å². The molecule has 0 fully saturated rings. The highest BCUT2D eigenvalue weighted by Crippen LogP contribution is 2.31. The number of anilines is 1. The molecule has 1 heterocycles. The largest absolute Gasteiger partial charge is 0.361 e. The molecule has 8 heteroatoms. The van der Waals surface area contributed by atoms with Crippen molar-refractivity contribution in [3.63, 3.8) is 0 Å². The maximum atomic E-state index is 13.8. The highest BCUT2D eigenvalue weighted by Gasteiger charge is 2.21. The molecule has 0 aliphatic heterocycles. The van der Waals surface area contributed by atoms with Crippen LogP contribution in [0.2, 0.25) is 0 Å². The molecular formula is C18H16F2N2O3S. The topological polar surface area (TPSA) is 72.2 Å². The van der Waals surface area contributed by atoms with Crippen molar-refractivity contribution in [2.24, 2.45) is 0 Å². The number of nitrogens with zero attached hydrogens (tertiary/aromatic N) is 1. The molecule has 0 radical (unpaired) electrons. The Bertz CT molecular complexity index is 1070. The average molecular weight is 378 g/mol. The molecule has 3 rings (SSSR count). The van der Waals surface area contributed by atoms with Gasteiger partial charge in [-0.05, 0) is 50.1 Å². The summed E-state index contributed by atoms with van der Waals surface area (Å²) in [4.78, 5) is -0.0151. The second-order valence-electron chi connectivity index (χ2n) is 5.91. The molecule has 0 saturated carbocycles. The molecule has 0 aliphatic rings. The van der Waals surface area contributed by atoms with Crippen molar-refractivity contribution in [3.05, 3.63) is 65.1 Å². The van der Waals surface area contributed by atoms with Gasteiger partial charge in [0.1, 0.15) is 17.4 Å². The number of aromatic nitrogens is 1. The Hall–Kier alpha value is -2.74. The van der Waals surface area contributed by atoms with Crippen LogP contribution >= 0.6 is 0 Å². The lowest BCUT2D eigenvalue weighted by Crippen LogP contribution is -2.15. The van der Waals surface area contributed by atoms with Gasteiger partial charge in [0.15, 0.2) is 0 Å². The summed E-state index contributed by atoms with van der Waals surface area (Å²) in [6, 6.07) is 7.52. The van der Waals surface area contributed by atoms with Gasteiger partial charge < -0.3 is 4.52 Å². The summed E-state index contributed by atoms with van der Waals surface area (Å²) < 4.78 is 59.6. The molecule has 0 saturated heterocycles. The summed E-state index contributed by atoms with van der Waals surface area (Å²) in [5.74, 6) is -1.22. The zero-order valence-corrected chi connectivity index (χ0v) is 15.1. The minimum Gasteiger partial charge on any atom is -0.361 e. The summed E-state index contributed by atoms with van der Waals surface area (Å²) in [5, 5.41) is 3.87. The van der Waals surface area contributed by atoms with Crippen molar-refractivity contribution in [3.8, 4) is 11.1 Å². The standard InChI is InChI=1S/C18H16F2N2O3S/c1-10-4-5-13(18-11(2)21-25-12(18)3)8-17(10)26(23,24)22-16-7-6-14(19)9-15(16)20/h4-9,22H,1-3H3. The van der Waals surface area contributed by atoms with Gasteiger partial charge in [-0.15, -0.1) is 0 Å². The molecule has 0 spiro atoms. The van der Waals surface area contributed by atoms with Crippen LogP contribution < -0.4 is 4.72 Å². The zero-order valence-electron chi connectivity index (χ0n) is 14.3. The van der Waals surface area contributed by atoms with Crippen LogP contribution in [0.25, 0.3) is 11.1 Å². The molecule has 3 aromatic rings. The first-order valence-corrected chi connectivity index (χ1v) is 9.19. The molecule has 0 unspecified atom stereocenters. The van der Waals surface area contributed by atoms with E-state index in [1.165, 1.54) is 6.07 Å². The lowest BCUT2D eigenvalue weighted by atomic mass is 10.0. The third-order valence-corrected chi connectivity index (χ3v) is 5.48. The van der Waals surface area contributed by atoms with Gasteiger partial charge in [-0.3, -0.25) is 4.72 Å². The average Bonchev–Trinajstić information content (AvgIpc) is 2.89. The number of hydrogen-bond donors (Lipinski definition) is 1. The van der Waals surface area contributed by atoms with Crippen molar-refractivity contribution >= 4 is 15.7 Å². The first kappa shape index (κ1) is 18.1. The monoisotopic (exact) mass is 378 g/mol. The molecule has 0 amide bonds. The van der Waals surface area contributed by atoms with E-state index in [4.69, 9.17) is 4.52 Å². The smallest absolute Gasteiger partial charge is 0.262 e. The fraction of sp³-hybridized carbons (Fsp3) is 0.167. The second-order valence-corrected chi connectivity index (χ2v) is 7.56. The predicted octanol–water partition coefficient (Wildman–Crippen LogP) is 4.35. The van der Waals surface area contributed by atoms with Crippen LogP contribution in [-0.2, 0) is 10.0 Å². The molecule has 0 aliphatic carbocycles. The van der Waals surface area contributed by atoms with Crippen molar-refractivity contribution < 1.29 is 21.7 Å². The Balaban J connectivity index is 2.06. The van der Waals surface area contributed by atoms with E-state index in [1.807, 2.05) is 0 Å². The van der Waals surface area contributed by atoms with E-state index in [0.29, 0.717) is 34.2 Å². The summed E-state index contributed by atoms with van der Waals surface area (Å²) in [6.45, 7) is 5.12. The van der Waals surface area contributed by atoms with E-state index in [2.05, 4.69) is 9.88 Å². The third-order valence-electron chi connectivity index (χ3n) is 3.98. The van der Waals surface area contributed by atoms with Gasteiger partial charge in [-0.2, -0.15) is 0 Å². The number of nitrogens with one attached hydrogen (secondary N) is 1. The van der Waals surface area contributed by atoms with E-state index in [-0.39, 0.29) is 10.6 Å². The molecule has 1 N–H and O–H groups in total. The maximum absolute atomic E-state index is 13.8. The molecule has 1 aromatic heterocycles. The summed E-state index contributed by atoms with van der Waals surface area (Å²) >= 11 is 0. The van der Waals surface area contributed by atoms with Gasteiger partial charge in [0.25, 0.3) is 10.0 Å². The zero-order chi connectivity index (χ0) is 19.1. The summed E-state index contributed by atoms with van der Waals surface area (Å²) in [5.41, 5.74) is 2.11. The van der Waals surface area contributed by atoms with E-state index >= 15 is 0 Å². The molecule has 136 valence electrons. The molecule has 5 nitrogen and oxygen atoms in total. The summed E-state index contributed by atoms with van der Waals surface area (Å²) in [6.07, 6.45) is 0. The Morgan fingerprint density at radius 1 is 1.04 bits per heavy atom. The van der Waals surface area contributed by atoms with E-state index in [1.54, 1.807) is 32.9 Å². The fourth-order valence-corrected chi connectivity index (χ4v) is 4.05. The highest BCUT2D eigenvalue weighted by atomic mass is 32.2. The molecule has 26 heavy (non-hydrogen) atoms. The third kappa shape index (κ3) is 3.32. The van der Waals surface area contributed by atoms with E-state index in [0.717, 1.165) is 12.1 Å². The highest BCUT2D eigenvalue weighted by molar-refractivity contribution is 7.92. The van der Waals surface area contributed by atoms with E-state index < -0.39 is 21.7 Å². The lowest BCUT2D eigenvalue weighted by molar-refractivity contribution is 0.393. The first-order valence-electron chi connectivity index (χ1n) is 7.71. The Morgan fingerprint density at radius 2 is 1.77 bits per heavy atom. The number of sulfonamides is 1.